The topological polar surface area (TPSA) is 123 Å². The van der Waals surface area contributed by atoms with Gasteiger partial charge in [-0.25, -0.2) is 13.4 Å². The van der Waals surface area contributed by atoms with E-state index in [0.717, 1.165) is 40.0 Å². The zero-order chi connectivity index (χ0) is 26.8. The SMILES string of the molecule is CS(=O)(=O)n1ccc(C(=O)NCC(=O)Nc2nc(-c3cccc(-c4ccnc(C(F)(F)F)c4)c3)cs2)c1. The van der Waals surface area contributed by atoms with Gasteiger partial charge >= 0.3 is 6.18 Å². The second kappa shape index (κ2) is 10.1. The van der Waals surface area contributed by atoms with Crippen molar-refractivity contribution in [1.29, 1.82) is 0 Å². The maximum atomic E-state index is 13.0. The minimum absolute atomic E-state index is 0.0752. The molecule has 0 aliphatic rings. The zero-order valence-electron chi connectivity index (χ0n) is 19.0. The number of anilines is 1. The Morgan fingerprint density at radius 2 is 1.81 bits per heavy atom. The Morgan fingerprint density at radius 1 is 1.08 bits per heavy atom. The minimum Gasteiger partial charge on any atom is -0.343 e. The van der Waals surface area contributed by atoms with Crippen molar-refractivity contribution in [3.05, 3.63) is 77.7 Å². The molecule has 0 radical (unpaired) electrons. The van der Waals surface area contributed by atoms with Gasteiger partial charge in [-0.3, -0.25) is 18.5 Å². The highest BCUT2D eigenvalue weighted by Gasteiger charge is 2.32. The summed E-state index contributed by atoms with van der Waals surface area (Å²) in [6, 6.07) is 10.5. The largest absolute Gasteiger partial charge is 0.433 e. The fraction of sp³-hybridized carbons (Fsp3) is 0.130. The summed E-state index contributed by atoms with van der Waals surface area (Å²) in [4.78, 5) is 32.1. The van der Waals surface area contributed by atoms with E-state index in [2.05, 4.69) is 20.6 Å². The number of alkyl halides is 3. The standard InChI is InChI=1S/C23H18F3N5O4S2/c1-37(34,35)31-8-6-17(12-31)21(33)28-11-20(32)30-22-29-18(13-36-22)16-4-2-3-14(9-16)15-5-7-27-19(10-15)23(24,25)26/h2-10,12-13H,11H2,1H3,(H,28,33)(H,29,30,32). The van der Waals surface area contributed by atoms with Crippen LogP contribution in [0.4, 0.5) is 18.3 Å². The average molecular weight is 550 g/mol. The molecule has 0 saturated carbocycles. The van der Waals surface area contributed by atoms with Gasteiger partial charge in [-0.15, -0.1) is 11.3 Å². The number of pyridine rings is 1. The van der Waals surface area contributed by atoms with E-state index in [0.29, 0.717) is 22.4 Å². The maximum Gasteiger partial charge on any atom is 0.433 e. The Balaban J connectivity index is 1.40. The summed E-state index contributed by atoms with van der Waals surface area (Å²) >= 11 is 1.13. The molecule has 14 heteroatoms. The van der Waals surface area contributed by atoms with Crippen LogP contribution in [0.15, 0.2) is 66.4 Å². The first-order valence-corrected chi connectivity index (χ1v) is 13.2. The number of carbonyl (C=O) groups is 2. The van der Waals surface area contributed by atoms with Gasteiger partial charge < -0.3 is 10.6 Å². The van der Waals surface area contributed by atoms with Crippen LogP contribution in [0.2, 0.25) is 0 Å². The number of halogens is 3. The normalized spacial score (nSPS) is 11.8. The van der Waals surface area contributed by atoms with E-state index in [1.807, 2.05) is 0 Å². The molecule has 4 rings (SSSR count). The van der Waals surface area contributed by atoms with E-state index in [-0.39, 0.29) is 17.2 Å². The van der Waals surface area contributed by atoms with E-state index in [1.165, 1.54) is 18.3 Å². The van der Waals surface area contributed by atoms with Crippen LogP contribution in [0.3, 0.4) is 0 Å². The van der Waals surface area contributed by atoms with E-state index in [4.69, 9.17) is 0 Å². The van der Waals surface area contributed by atoms with Crippen LogP contribution in [-0.4, -0.2) is 47.0 Å². The third kappa shape index (κ3) is 6.40. The Hall–Kier alpha value is -4.04. The Kier molecular flexibility index (Phi) is 7.14. The number of rotatable bonds is 7. The molecule has 0 fully saturated rings. The Morgan fingerprint density at radius 3 is 2.51 bits per heavy atom. The fourth-order valence-corrected chi connectivity index (χ4v) is 4.55. The molecule has 1 aromatic carbocycles. The first-order chi connectivity index (χ1) is 17.4. The molecule has 2 N–H and O–H groups in total. The van der Waals surface area contributed by atoms with E-state index < -0.39 is 33.7 Å². The first kappa shape index (κ1) is 26.0. The van der Waals surface area contributed by atoms with E-state index in [9.17, 15) is 31.2 Å². The van der Waals surface area contributed by atoms with Crippen molar-refractivity contribution in [2.24, 2.45) is 0 Å². The number of amides is 2. The molecule has 2 amide bonds. The highest BCUT2D eigenvalue weighted by molar-refractivity contribution is 7.89. The summed E-state index contributed by atoms with van der Waals surface area (Å²) in [5, 5.41) is 6.88. The van der Waals surface area contributed by atoms with Crippen LogP contribution in [0.25, 0.3) is 22.4 Å². The second-order valence-electron chi connectivity index (χ2n) is 7.77. The predicted molar refractivity (Wildman–Crippen MR) is 131 cm³/mol. The smallest absolute Gasteiger partial charge is 0.343 e. The van der Waals surface area contributed by atoms with Crippen LogP contribution in [-0.2, 0) is 21.0 Å². The van der Waals surface area contributed by atoms with Gasteiger partial charge in [0.15, 0.2) is 5.13 Å². The van der Waals surface area contributed by atoms with Crippen LogP contribution < -0.4 is 10.6 Å². The molecule has 192 valence electrons. The third-order valence-electron chi connectivity index (χ3n) is 5.01. The lowest BCUT2D eigenvalue weighted by atomic mass is 10.0. The molecule has 0 atom stereocenters. The molecule has 0 unspecified atom stereocenters. The summed E-state index contributed by atoms with van der Waals surface area (Å²) in [5.74, 6) is -1.18. The first-order valence-electron chi connectivity index (χ1n) is 10.5. The molecule has 0 saturated heterocycles. The van der Waals surface area contributed by atoms with Crippen LogP contribution in [0, 0.1) is 0 Å². The summed E-state index contributed by atoms with van der Waals surface area (Å²) in [6.45, 7) is -0.378. The predicted octanol–water partition coefficient (Wildman–Crippen LogP) is 3.87. The van der Waals surface area contributed by atoms with Crippen LogP contribution in [0.5, 0.6) is 0 Å². The van der Waals surface area contributed by atoms with Crippen molar-refractivity contribution in [3.8, 4) is 22.4 Å². The van der Waals surface area contributed by atoms with Crippen molar-refractivity contribution in [2.75, 3.05) is 18.1 Å². The lowest BCUT2D eigenvalue weighted by molar-refractivity contribution is -0.141. The van der Waals surface area contributed by atoms with E-state index in [1.54, 1.807) is 29.6 Å². The number of benzene rings is 1. The third-order valence-corrected chi connectivity index (χ3v) is 6.77. The highest BCUT2D eigenvalue weighted by atomic mass is 32.2. The molecule has 9 nitrogen and oxygen atoms in total. The number of thiazole rings is 1. The number of hydrogen-bond acceptors (Lipinski definition) is 7. The number of carbonyl (C=O) groups excluding carboxylic acids is 2. The van der Waals surface area contributed by atoms with Crippen molar-refractivity contribution < 1.29 is 31.2 Å². The maximum absolute atomic E-state index is 13.0. The van der Waals surface area contributed by atoms with Crippen molar-refractivity contribution in [2.45, 2.75) is 6.18 Å². The fourth-order valence-electron chi connectivity index (χ4n) is 3.23. The number of hydrogen-bond donors (Lipinski definition) is 2. The lowest BCUT2D eigenvalue weighted by Crippen LogP contribution is -2.32. The molecule has 3 heterocycles. The summed E-state index contributed by atoms with van der Waals surface area (Å²) < 4.78 is 62.9. The molecule has 3 aromatic heterocycles. The van der Waals surface area contributed by atoms with Crippen molar-refractivity contribution in [1.82, 2.24) is 19.3 Å². The molecular formula is C23H18F3N5O4S2. The number of nitrogens with zero attached hydrogens (tertiary/aromatic N) is 3. The quantitative estimate of drug-likeness (QED) is 0.361. The van der Waals surface area contributed by atoms with Gasteiger partial charge in [-0.2, -0.15) is 13.2 Å². The second-order valence-corrected chi connectivity index (χ2v) is 10.5. The van der Waals surface area contributed by atoms with E-state index >= 15 is 0 Å². The molecule has 0 aliphatic carbocycles. The molecule has 37 heavy (non-hydrogen) atoms. The Bertz CT molecular complexity index is 1580. The molecule has 0 aliphatic heterocycles. The summed E-state index contributed by atoms with van der Waals surface area (Å²) in [5.41, 5.74) is 1.09. The lowest BCUT2D eigenvalue weighted by Gasteiger charge is -2.08. The average Bonchev–Trinajstić information content (AvgIpc) is 3.53. The minimum atomic E-state index is -4.56. The van der Waals surface area contributed by atoms with Gasteiger partial charge in [0.05, 0.1) is 24.1 Å². The highest BCUT2D eigenvalue weighted by Crippen LogP contribution is 2.32. The van der Waals surface area contributed by atoms with Crippen molar-refractivity contribution >= 4 is 38.3 Å². The van der Waals surface area contributed by atoms with Crippen molar-refractivity contribution in [3.63, 3.8) is 0 Å². The number of nitrogens with one attached hydrogen (secondary N) is 2. The summed E-state index contributed by atoms with van der Waals surface area (Å²) in [7, 11) is -3.53. The molecular weight excluding hydrogens is 531 g/mol. The molecule has 4 aromatic rings. The zero-order valence-corrected chi connectivity index (χ0v) is 20.6. The van der Waals surface area contributed by atoms with Gasteiger partial charge in [0, 0.05) is 29.5 Å². The molecule has 0 bridgehead atoms. The van der Waals surface area contributed by atoms with Gasteiger partial charge in [-0.1, -0.05) is 18.2 Å². The molecule has 0 spiro atoms. The van der Waals surface area contributed by atoms with Crippen LogP contribution in [0.1, 0.15) is 16.1 Å². The van der Waals surface area contributed by atoms with Gasteiger partial charge in [0.2, 0.25) is 15.9 Å². The summed E-state index contributed by atoms with van der Waals surface area (Å²) in [6.07, 6.45) is -0.110. The van der Waals surface area contributed by atoms with Gasteiger partial charge in [0.25, 0.3) is 5.91 Å². The van der Waals surface area contributed by atoms with Crippen LogP contribution >= 0.6 is 11.3 Å². The monoisotopic (exact) mass is 549 g/mol. The number of aromatic nitrogens is 3. The van der Waals surface area contributed by atoms with Gasteiger partial charge in [-0.05, 0) is 35.4 Å². The Labute approximate surface area is 213 Å². The van der Waals surface area contributed by atoms with Gasteiger partial charge in [0.1, 0.15) is 5.69 Å².